The summed E-state index contributed by atoms with van der Waals surface area (Å²) >= 11 is 0. The number of nitriles is 1. The van der Waals surface area contributed by atoms with E-state index in [2.05, 4.69) is 11.4 Å². The lowest BCUT2D eigenvalue weighted by Crippen LogP contribution is -2.43. The molecule has 0 bridgehead atoms. The van der Waals surface area contributed by atoms with Crippen LogP contribution in [0.4, 0.5) is 0 Å². The summed E-state index contributed by atoms with van der Waals surface area (Å²) in [5.74, 6) is -0.126. The number of carbonyl (C=O) groups is 1. The highest BCUT2D eigenvalue weighted by Gasteiger charge is 2.35. The van der Waals surface area contributed by atoms with Crippen LogP contribution in [0.2, 0.25) is 0 Å². The predicted molar refractivity (Wildman–Crippen MR) is 56.5 cm³/mol. The Bertz CT molecular complexity index is 226. The molecule has 0 spiro atoms. The Morgan fingerprint density at radius 1 is 1.43 bits per heavy atom. The Labute approximate surface area is 86.5 Å². The summed E-state index contributed by atoms with van der Waals surface area (Å²) in [4.78, 5) is 11.8. The summed E-state index contributed by atoms with van der Waals surface area (Å²) in [6.07, 6.45) is 2.03. The van der Waals surface area contributed by atoms with Gasteiger partial charge in [0.1, 0.15) is 5.41 Å². The number of nitrogens with zero attached hydrogens (tertiary/aromatic N) is 1. The van der Waals surface area contributed by atoms with E-state index in [9.17, 15) is 4.79 Å². The Kier molecular flexibility index (Phi) is 5.22. The van der Waals surface area contributed by atoms with Crippen LogP contribution in [0, 0.1) is 16.7 Å². The molecule has 0 aromatic carbocycles. The van der Waals surface area contributed by atoms with Gasteiger partial charge in [0.05, 0.1) is 6.07 Å². The minimum absolute atomic E-state index is 0.126. The molecule has 0 heterocycles. The van der Waals surface area contributed by atoms with Crippen molar-refractivity contribution in [2.75, 3.05) is 0 Å². The van der Waals surface area contributed by atoms with Crippen LogP contribution in [0.3, 0.4) is 0 Å². The predicted octanol–water partition coefficient (Wildman–Crippen LogP) is 2.23. The fourth-order valence-electron chi connectivity index (χ4n) is 1.24. The zero-order chi connectivity index (χ0) is 11.2. The molecule has 0 aliphatic carbocycles. The second-order valence-corrected chi connectivity index (χ2v) is 3.68. The van der Waals surface area contributed by atoms with E-state index >= 15 is 0 Å². The first kappa shape index (κ1) is 13.0. The van der Waals surface area contributed by atoms with Crippen LogP contribution < -0.4 is 5.32 Å². The van der Waals surface area contributed by atoms with Gasteiger partial charge in [0.2, 0.25) is 5.91 Å². The van der Waals surface area contributed by atoms with Gasteiger partial charge in [0.15, 0.2) is 0 Å². The Balaban J connectivity index is 4.55. The van der Waals surface area contributed by atoms with Gasteiger partial charge in [-0.05, 0) is 26.2 Å². The smallest absolute Gasteiger partial charge is 0.240 e. The fraction of sp³-hybridized carbons (Fsp3) is 0.818. The molecule has 1 atom stereocenters. The molecule has 0 saturated heterocycles. The normalized spacial score (nSPS) is 13.1. The molecule has 0 radical (unpaired) electrons. The first-order chi connectivity index (χ1) is 6.56. The highest BCUT2D eigenvalue weighted by atomic mass is 16.2. The molecule has 0 aliphatic heterocycles. The zero-order valence-corrected chi connectivity index (χ0v) is 9.55. The minimum Gasteiger partial charge on any atom is -0.352 e. The van der Waals surface area contributed by atoms with Crippen molar-refractivity contribution in [3.8, 4) is 6.07 Å². The summed E-state index contributed by atoms with van der Waals surface area (Å²) in [6, 6.07) is 2.28. The molecule has 3 heteroatoms. The molecule has 80 valence electrons. The molecule has 3 nitrogen and oxygen atoms in total. The van der Waals surface area contributed by atoms with Crippen LogP contribution in [0.1, 0.15) is 47.0 Å². The molecule has 1 N–H and O–H groups in total. The van der Waals surface area contributed by atoms with Crippen LogP contribution in [0.25, 0.3) is 0 Å². The molecular weight excluding hydrogens is 176 g/mol. The lowest BCUT2D eigenvalue weighted by molar-refractivity contribution is -0.129. The quantitative estimate of drug-likeness (QED) is 0.733. The first-order valence-corrected chi connectivity index (χ1v) is 5.28. The lowest BCUT2D eigenvalue weighted by Gasteiger charge is -2.24. The van der Waals surface area contributed by atoms with Crippen molar-refractivity contribution in [1.82, 2.24) is 5.32 Å². The van der Waals surface area contributed by atoms with E-state index < -0.39 is 5.41 Å². The van der Waals surface area contributed by atoms with Crippen LogP contribution in [0.5, 0.6) is 0 Å². The molecule has 0 aromatic heterocycles. The highest BCUT2D eigenvalue weighted by Crippen LogP contribution is 2.25. The number of rotatable bonds is 5. The Morgan fingerprint density at radius 2 is 1.93 bits per heavy atom. The summed E-state index contributed by atoms with van der Waals surface area (Å²) in [7, 11) is 0. The highest BCUT2D eigenvalue weighted by molar-refractivity contribution is 5.85. The summed E-state index contributed by atoms with van der Waals surface area (Å²) < 4.78 is 0. The van der Waals surface area contributed by atoms with Crippen molar-refractivity contribution in [3.05, 3.63) is 0 Å². The third-order valence-corrected chi connectivity index (χ3v) is 2.85. The van der Waals surface area contributed by atoms with Crippen molar-refractivity contribution >= 4 is 5.91 Å². The van der Waals surface area contributed by atoms with Gasteiger partial charge in [-0.25, -0.2) is 0 Å². The number of nitrogens with one attached hydrogen (secondary N) is 1. The van der Waals surface area contributed by atoms with Gasteiger partial charge in [-0.1, -0.05) is 20.8 Å². The maximum Gasteiger partial charge on any atom is 0.240 e. The average molecular weight is 196 g/mol. The average Bonchev–Trinajstić information content (AvgIpc) is 2.21. The van der Waals surface area contributed by atoms with Crippen molar-refractivity contribution < 1.29 is 4.79 Å². The zero-order valence-electron chi connectivity index (χ0n) is 9.55. The van der Waals surface area contributed by atoms with Gasteiger partial charge in [0.25, 0.3) is 0 Å². The third-order valence-electron chi connectivity index (χ3n) is 2.85. The van der Waals surface area contributed by atoms with Crippen molar-refractivity contribution in [2.24, 2.45) is 5.41 Å². The van der Waals surface area contributed by atoms with Gasteiger partial charge >= 0.3 is 0 Å². The molecular formula is C11H20N2O. The molecule has 1 unspecified atom stereocenters. The van der Waals surface area contributed by atoms with E-state index in [1.165, 1.54) is 0 Å². The fourth-order valence-corrected chi connectivity index (χ4v) is 1.24. The van der Waals surface area contributed by atoms with Gasteiger partial charge in [-0.2, -0.15) is 5.26 Å². The topological polar surface area (TPSA) is 52.9 Å². The van der Waals surface area contributed by atoms with Crippen molar-refractivity contribution in [2.45, 2.75) is 53.0 Å². The van der Waals surface area contributed by atoms with E-state index in [1.54, 1.807) is 0 Å². The number of carbonyl (C=O) groups excluding carboxylic acids is 1. The summed E-state index contributed by atoms with van der Waals surface area (Å²) in [6.45, 7) is 7.72. The second-order valence-electron chi connectivity index (χ2n) is 3.68. The first-order valence-electron chi connectivity index (χ1n) is 5.28. The van der Waals surface area contributed by atoms with Crippen molar-refractivity contribution in [1.29, 1.82) is 5.26 Å². The second kappa shape index (κ2) is 5.64. The maximum absolute atomic E-state index is 11.8. The SMILES string of the molecule is CCC(C)NC(=O)C(C#N)(CC)CC. The largest absolute Gasteiger partial charge is 0.352 e. The van der Waals surface area contributed by atoms with Gasteiger partial charge < -0.3 is 5.32 Å². The Hall–Kier alpha value is -1.04. The van der Waals surface area contributed by atoms with Crippen LogP contribution >= 0.6 is 0 Å². The molecule has 14 heavy (non-hydrogen) atoms. The number of hydrogen-bond donors (Lipinski definition) is 1. The molecule has 0 aromatic rings. The minimum atomic E-state index is -0.830. The van der Waals surface area contributed by atoms with E-state index in [1.807, 2.05) is 27.7 Å². The standard InChI is InChI=1S/C11H20N2O/c1-5-9(4)13-10(14)11(6-2,7-3)8-12/h9H,5-7H2,1-4H3,(H,13,14). The molecule has 0 rings (SSSR count). The van der Waals surface area contributed by atoms with E-state index in [4.69, 9.17) is 5.26 Å². The molecule has 1 amide bonds. The van der Waals surface area contributed by atoms with E-state index in [0.29, 0.717) is 12.8 Å². The maximum atomic E-state index is 11.8. The van der Waals surface area contributed by atoms with Crippen LogP contribution in [-0.2, 0) is 4.79 Å². The van der Waals surface area contributed by atoms with E-state index in [-0.39, 0.29) is 11.9 Å². The van der Waals surface area contributed by atoms with Crippen LogP contribution in [0.15, 0.2) is 0 Å². The third kappa shape index (κ3) is 2.73. The van der Waals surface area contributed by atoms with Gasteiger partial charge in [-0.15, -0.1) is 0 Å². The summed E-state index contributed by atoms with van der Waals surface area (Å²) in [5, 5.41) is 11.9. The van der Waals surface area contributed by atoms with Gasteiger partial charge in [-0.3, -0.25) is 4.79 Å². The van der Waals surface area contributed by atoms with E-state index in [0.717, 1.165) is 6.42 Å². The monoisotopic (exact) mass is 196 g/mol. The summed E-state index contributed by atoms with van der Waals surface area (Å²) in [5.41, 5.74) is -0.830. The van der Waals surface area contributed by atoms with Crippen LogP contribution in [-0.4, -0.2) is 11.9 Å². The molecule has 0 aliphatic rings. The molecule has 0 saturated carbocycles. The Morgan fingerprint density at radius 3 is 2.21 bits per heavy atom. The van der Waals surface area contributed by atoms with Gasteiger partial charge in [0, 0.05) is 6.04 Å². The number of amides is 1. The van der Waals surface area contributed by atoms with Crippen molar-refractivity contribution in [3.63, 3.8) is 0 Å². The molecule has 0 fully saturated rings. The number of hydrogen-bond acceptors (Lipinski definition) is 2. The lowest BCUT2D eigenvalue weighted by atomic mass is 9.83.